The molecule has 0 aliphatic carbocycles. The summed E-state index contributed by atoms with van der Waals surface area (Å²) in [6.07, 6.45) is -0.197. The minimum Gasteiger partial charge on any atom is -0.351 e. The molecule has 0 radical (unpaired) electrons. The molecule has 1 fully saturated rings. The van der Waals surface area contributed by atoms with Gasteiger partial charge in [0.05, 0.1) is 15.9 Å². The van der Waals surface area contributed by atoms with Gasteiger partial charge in [-0.25, -0.2) is 4.79 Å². The van der Waals surface area contributed by atoms with Crippen molar-refractivity contribution in [1.29, 1.82) is 0 Å². The van der Waals surface area contributed by atoms with Crippen molar-refractivity contribution in [3.8, 4) is 0 Å². The number of nitro benzene ring substituents is 1. The van der Waals surface area contributed by atoms with Gasteiger partial charge in [-0.2, -0.15) is 4.90 Å². The maximum atomic E-state index is 11.8. The molecular formula is C13H12N4O6S. The zero-order chi connectivity index (χ0) is 17.9. The first kappa shape index (κ1) is 17.4. The van der Waals surface area contributed by atoms with Crippen LogP contribution in [0.4, 0.5) is 16.2 Å². The van der Waals surface area contributed by atoms with Crippen molar-refractivity contribution in [2.75, 3.05) is 11.1 Å². The van der Waals surface area contributed by atoms with Crippen LogP contribution in [-0.2, 0) is 14.4 Å². The number of nitrogens with zero attached hydrogens (tertiary/aromatic N) is 2. The van der Waals surface area contributed by atoms with E-state index in [2.05, 4.69) is 5.32 Å². The van der Waals surface area contributed by atoms with Gasteiger partial charge in [0.1, 0.15) is 0 Å². The largest absolute Gasteiger partial charge is 0.351 e. The van der Waals surface area contributed by atoms with Crippen molar-refractivity contribution >= 4 is 46.9 Å². The number of hydrogen-bond donors (Lipinski definition) is 2. The number of carbonyl (C=O) groups excluding carboxylic acids is 4. The molecule has 1 unspecified atom stereocenters. The first-order valence-electron chi connectivity index (χ1n) is 6.61. The van der Waals surface area contributed by atoms with Gasteiger partial charge in [-0.05, 0) is 12.1 Å². The van der Waals surface area contributed by atoms with Crippen LogP contribution in [0.5, 0.6) is 0 Å². The van der Waals surface area contributed by atoms with Crippen LogP contribution >= 0.6 is 11.8 Å². The standard InChI is InChI=1S/C13H12N4O6S/c14-13(21)16-11(19)5-9(12(16)20)24-6-10(18)15-7-1-3-8(4-2-7)17(22)23/h1-4,9H,5-6H2,(H2,14,21)(H,15,18). The fourth-order valence-electron chi connectivity index (χ4n) is 2.01. The highest BCUT2D eigenvalue weighted by Crippen LogP contribution is 2.25. The lowest BCUT2D eigenvalue weighted by atomic mass is 10.3. The Morgan fingerprint density at radius 2 is 1.96 bits per heavy atom. The molecule has 10 nitrogen and oxygen atoms in total. The van der Waals surface area contributed by atoms with Crippen LogP contribution in [-0.4, -0.2) is 44.6 Å². The summed E-state index contributed by atoms with van der Waals surface area (Å²) in [5.41, 5.74) is 5.19. The lowest BCUT2D eigenvalue weighted by molar-refractivity contribution is -0.384. The number of carbonyl (C=O) groups is 4. The number of rotatable bonds is 5. The molecule has 0 aromatic heterocycles. The van der Waals surface area contributed by atoms with Crippen LogP contribution in [0.1, 0.15) is 6.42 Å². The van der Waals surface area contributed by atoms with Crippen molar-refractivity contribution in [1.82, 2.24) is 4.90 Å². The molecule has 1 aromatic rings. The van der Waals surface area contributed by atoms with Gasteiger partial charge in [0, 0.05) is 24.2 Å². The first-order chi connectivity index (χ1) is 11.3. The Morgan fingerprint density at radius 1 is 1.33 bits per heavy atom. The molecule has 1 saturated heterocycles. The Kier molecular flexibility index (Phi) is 5.14. The molecule has 1 heterocycles. The molecule has 0 bridgehead atoms. The van der Waals surface area contributed by atoms with E-state index >= 15 is 0 Å². The molecule has 1 aliphatic rings. The highest BCUT2D eigenvalue weighted by atomic mass is 32.2. The number of anilines is 1. The first-order valence-corrected chi connectivity index (χ1v) is 7.66. The summed E-state index contributed by atoms with van der Waals surface area (Å²) >= 11 is 0.912. The SMILES string of the molecule is NC(=O)N1C(=O)CC(SCC(=O)Nc2ccc([N+](=O)[O-])cc2)C1=O. The number of non-ortho nitro benzene ring substituents is 1. The summed E-state index contributed by atoms with van der Waals surface area (Å²) in [7, 11) is 0. The second kappa shape index (κ2) is 7.08. The van der Waals surface area contributed by atoms with Crippen molar-refractivity contribution in [2.24, 2.45) is 5.73 Å². The maximum Gasteiger partial charge on any atom is 0.328 e. The van der Waals surface area contributed by atoms with Crippen LogP contribution in [0.25, 0.3) is 0 Å². The predicted molar refractivity (Wildman–Crippen MR) is 84.0 cm³/mol. The molecule has 3 N–H and O–H groups in total. The number of imide groups is 3. The monoisotopic (exact) mass is 352 g/mol. The Balaban J connectivity index is 1.87. The second-order valence-electron chi connectivity index (χ2n) is 4.76. The maximum absolute atomic E-state index is 11.8. The van der Waals surface area contributed by atoms with Gasteiger partial charge in [-0.15, -0.1) is 11.8 Å². The number of nitrogens with two attached hydrogens (primary N) is 1. The fraction of sp³-hybridized carbons (Fsp3) is 0.231. The van der Waals surface area contributed by atoms with Crippen molar-refractivity contribution < 1.29 is 24.1 Å². The molecule has 2 rings (SSSR count). The summed E-state index contributed by atoms with van der Waals surface area (Å²) in [6, 6.07) is 4.10. The second-order valence-corrected chi connectivity index (χ2v) is 5.95. The third-order valence-corrected chi connectivity index (χ3v) is 4.30. The van der Waals surface area contributed by atoms with Gasteiger partial charge >= 0.3 is 6.03 Å². The van der Waals surface area contributed by atoms with Gasteiger partial charge in [-0.3, -0.25) is 24.5 Å². The van der Waals surface area contributed by atoms with E-state index in [1.807, 2.05) is 0 Å². The highest BCUT2D eigenvalue weighted by molar-refractivity contribution is 8.01. The van der Waals surface area contributed by atoms with E-state index in [4.69, 9.17) is 5.73 Å². The van der Waals surface area contributed by atoms with Gasteiger partial charge in [0.15, 0.2) is 0 Å². The molecule has 0 saturated carbocycles. The van der Waals surface area contributed by atoms with Gasteiger partial charge in [0.25, 0.3) is 11.6 Å². The van der Waals surface area contributed by atoms with Crippen molar-refractivity contribution in [3.05, 3.63) is 34.4 Å². The van der Waals surface area contributed by atoms with E-state index in [9.17, 15) is 29.3 Å². The number of primary amides is 1. The number of urea groups is 1. The van der Waals surface area contributed by atoms with Gasteiger partial charge in [-0.1, -0.05) is 0 Å². The number of likely N-dealkylation sites (tertiary alicyclic amines) is 1. The Bertz CT molecular complexity index is 720. The van der Waals surface area contributed by atoms with E-state index in [-0.39, 0.29) is 17.9 Å². The Morgan fingerprint density at radius 3 is 2.46 bits per heavy atom. The summed E-state index contributed by atoms with van der Waals surface area (Å²) in [5.74, 6) is -2.01. The summed E-state index contributed by atoms with van der Waals surface area (Å²) in [4.78, 5) is 56.5. The number of amides is 5. The number of nitro groups is 1. The molecule has 0 spiro atoms. The molecule has 11 heteroatoms. The summed E-state index contributed by atoms with van der Waals surface area (Å²) in [6.45, 7) is 0. The zero-order valence-electron chi connectivity index (χ0n) is 12.1. The zero-order valence-corrected chi connectivity index (χ0v) is 12.9. The average Bonchev–Trinajstić information content (AvgIpc) is 2.80. The van der Waals surface area contributed by atoms with Crippen LogP contribution in [0, 0.1) is 10.1 Å². The summed E-state index contributed by atoms with van der Waals surface area (Å²) in [5, 5.41) is 12.2. The van der Waals surface area contributed by atoms with Gasteiger partial charge < -0.3 is 11.1 Å². The lowest BCUT2D eigenvalue weighted by Crippen LogP contribution is -2.41. The number of hydrogen-bond acceptors (Lipinski definition) is 7. The van der Waals surface area contributed by atoms with Crippen LogP contribution in [0.3, 0.4) is 0 Å². The molecule has 1 atom stereocenters. The minimum absolute atomic E-state index is 0.107. The van der Waals surface area contributed by atoms with E-state index in [0.29, 0.717) is 10.6 Å². The van der Waals surface area contributed by atoms with Crippen molar-refractivity contribution in [2.45, 2.75) is 11.7 Å². The fourth-order valence-corrected chi connectivity index (χ4v) is 2.94. The van der Waals surface area contributed by atoms with Crippen LogP contribution in [0.2, 0.25) is 0 Å². The number of nitrogens with one attached hydrogen (secondary N) is 1. The molecule has 24 heavy (non-hydrogen) atoms. The average molecular weight is 352 g/mol. The van der Waals surface area contributed by atoms with Crippen LogP contribution < -0.4 is 11.1 Å². The van der Waals surface area contributed by atoms with E-state index in [1.165, 1.54) is 24.3 Å². The number of benzene rings is 1. The third-order valence-electron chi connectivity index (χ3n) is 3.10. The summed E-state index contributed by atoms with van der Waals surface area (Å²) < 4.78 is 0. The van der Waals surface area contributed by atoms with Gasteiger partial charge in [0.2, 0.25) is 11.8 Å². The Labute approximate surface area is 139 Å². The lowest BCUT2D eigenvalue weighted by Gasteiger charge is -2.10. The van der Waals surface area contributed by atoms with Crippen molar-refractivity contribution in [3.63, 3.8) is 0 Å². The molecular weight excluding hydrogens is 340 g/mol. The third kappa shape index (κ3) is 3.87. The van der Waals surface area contributed by atoms with Crippen LogP contribution in [0.15, 0.2) is 24.3 Å². The van der Waals surface area contributed by atoms with E-state index in [1.54, 1.807) is 0 Å². The minimum atomic E-state index is -1.14. The van der Waals surface area contributed by atoms with E-state index < -0.39 is 33.9 Å². The quantitative estimate of drug-likeness (QED) is 0.444. The topological polar surface area (TPSA) is 153 Å². The Hall–Kier alpha value is -2.95. The van der Waals surface area contributed by atoms with E-state index in [0.717, 1.165) is 11.8 Å². The number of thioether (sulfide) groups is 1. The molecule has 126 valence electrons. The smallest absolute Gasteiger partial charge is 0.328 e. The predicted octanol–water partition coefficient (Wildman–Crippen LogP) is 0.473. The molecule has 1 aromatic carbocycles. The highest BCUT2D eigenvalue weighted by Gasteiger charge is 2.42. The molecule has 1 aliphatic heterocycles. The normalized spacial score (nSPS) is 17.0. The molecule has 5 amide bonds.